The first-order valence-corrected chi connectivity index (χ1v) is 53.8. The maximum absolute atomic E-state index is 2.75. The number of halogens is 6. The first kappa shape index (κ1) is 16.5. The van der Waals surface area contributed by atoms with Crippen molar-refractivity contribution in [2.24, 2.45) is 0 Å². The summed E-state index contributed by atoms with van der Waals surface area (Å²) in [5.74, 6) is 0. The Balaban J connectivity index is 2.69. The zero-order valence-electron chi connectivity index (χ0n) is 5.80. The lowest BCUT2D eigenvalue weighted by molar-refractivity contribution is 5.33. The van der Waals surface area contributed by atoms with E-state index >= 15 is 0 Å². The van der Waals surface area contributed by atoms with Gasteiger partial charge in [-0.3, -0.25) is 0 Å². The van der Waals surface area contributed by atoms with Crippen LogP contribution in [0.5, 0.6) is 0 Å². The van der Waals surface area contributed by atoms with E-state index in [1.165, 1.54) is 0 Å². The predicted molar refractivity (Wildman–Crippen MR) is 127 cm³/mol. The van der Waals surface area contributed by atoms with Gasteiger partial charge in [0.15, 0.2) is 0 Å². The van der Waals surface area contributed by atoms with Crippen LogP contribution in [0.25, 0.3) is 0 Å². The van der Waals surface area contributed by atoms with Crippen molar-refractivity contribution in [3.8, 4) is 0 Å². The molecule has 0 aliphatic rings. The highest BCUT2D eigenvalue weighted by Crippen LogP contribution is 2.29. The van der Waals surface area contributed by atoms with Crippen molar-refractivity contribution in [1.29, 1.82) is 0 Å². The predicted octanol–water partition coefficient (Wildman–Crippen LogP) is 0.733. The third-order valence-electron chi connectivity index (χ3n) is 0.571. The fourth-order valence-electron chi connectivity index (χ4n) is 0.260. The van der Waals surface area contributed by atoms with Crippen molar-refractivity contribution in [2.75, 3.05) is 0 Å². The fourth-order valence-corrected chi connectivity index (χ4v) is 477. The van der Waals surface area contributed by atoms with E-state index in [1.807, 2.05) is 0 Å². The maximum Gasteiger partial charge on any atom is 0.146 e. The minimum atomic E-state index is 0.598. The molecule has 0 saturated heterocycles. The van der Waals surface area contributed by atoms with Crippen molar-refractivity contribution >= 4 is 145 Å². The summed E-state index contributed by atoms with van der Waals surface area (Å²) < 4.78 is 3.57. The van der Waals surface area contributed by atoms with E-state index in [0.29, 0.717) is 9.03 Å². The number of hydrogen-bond donors (Lipinski definition) is 0. The Hall–Kier alpha value is 5.46. The van der Waals surface area contributed by atoms with Gasteiger partial charge in [-0.15, -0.1) is 43.6 Å². The summed E-state index contributed by atoms with van der Waals surface area (Å²) in [6.45, 7) is 0. The van der Waals surface area contributed by atoms with Crippen molar-refractivity contribution < 1.29 is 0 Å². The molecular weight excluding hydrogens is 902 g/mol. The van der Waals surface area contributed by atoms with Gasteiger partial charge in [0.2, 0.25) is 0 Å². The third kappa shape index (κ3) is 15.5. The fraction of sp³-hybridized carbons (Fsp3) is 0. The molecule has 0 heterocycles. The van der Waals surface area contributed by atoms with Crippen molar-refractivity contribution in [3.63, 3.8) is 0 Å². The van der Waals surface area contributed by atoms with Crippen LogP contribution in [-0.2, 0) is 0 Å². The Kier molecular flexibility index (Phi) is 23.1. The van der Waals surface area contributed by atoms with E-state index in [4.69, 9.17) is 0 Å². The van der Waals surface area contributed by atoms with Crippen LogP contribution < -0.4 is 0 Å². The van der Waals surface area contributed by atoms with Gasteiger partial charge in [0.1, 0.15) is 22.6 Å². The minimum absolute atomic E-state index is 0.598. The van der Waals surface area contributed by atoms with Crippen molar-refractivity contribution in [1.82, 2.24) is 0 Å². The Morgan fingerprint density at radius 1 is 0.636 bits per heavy atom. The highest BCUT2D eigenvalue weighted by Gasteiger charge is 1.92. The average Bonchev–Trinajstić information content (AvgIpc) is 2.03. The molecule has 0 spiro atoms. The molecule has 0 fully saturated rings. The van der Waals surface area contributed by atoms with Crippen LogP contribution in [0.4, 0.5) is 0 Å². The van der Waals surface area contributed by atoms with E-state index in [1.54, 1.807) is 0 Å². The van der Waals surface area contributed by atoms with E-state index in [-0.39, 0.29) is 0 Å². The summed E-state index contributed by atoms with van der Waals surface area (Å²) in [7, 11) is 0. The normalized spacial score (nSPS) is 15.8. The van der Waals surface area contributed by atoms with Crippen molar-refractivity contribution in [3.05, 3.63) is 0 Å². The smallest absolute Gasteiger partial charge is 0.146 e. The minimum Gasteiger partial charge on any atom is -0.190 e. The average molecular weight is 912 g/mol. The topological polar surface area (TPSA) is 0 Å². The summed E-state index contributed by atoms with van der Waals surface area (Å²) >= 11 is 9.63. The summed E-state index contributed by atoms with van der Waals surface area (Å²) in [6, 6.07) is 0. The van der Waals surface area contributed by atoms with E-state index in [0.717, 1.165) is 92.0 Å². The van der Waals surface area contributed by atoms with Gasteiger partial charge in [-0.2, -0.15) is 78.5 Å². The highest BCUT2D eigenvalue weighted by atomic mass is 127. The molecular formula is H10I6Si5. The Morgan fingerprint density at radius 2 is 1.00 bits per heavy atom. The first-order valence-electron chi connectivity index (χ1n) is 2.67. The Morgan fingerprint density at radius 3 is 1.36 bits per heavy atom. The molecule has 72 valence electrons. The van der Waals surface area contributed by atoms with Crippen LogP contribution >= 0.6 is 122 Å². The number of rotatable bonds is 8. The van der Waals surface area contributed by atoms with E-state index in [9.17, 15) is 0 Å². The highest BCUT2D eigenvalue weighted by molar-refractivity contribution is 14.5. The van der Waals surface area contributed by atoms with Crippen LogP contribution in [0.2, 0.25) is 0 Å². The van der Waals surface area contributed by atoms with Gasteiger partial charge in [0.05, 0.1) is 0 Å². The van der Waals surface area contributed by atoms with Crippen LogP contribution in [0.1, 0.15) is 0 Å². The SMILES string of the molecule is I[SiH2][I][SiH2][I][SiH2][I][SiH2][I][SiH2]I. The summed E-state index contributed by atoms with van der Waals surface area (Å²) in [5.41, 5.74) is 0. The third-order valence-corrected chi connectivity index (χ3v) is 231. The van der Waals surface area contributed by atoms with Crippen LogP contribution in [-0.4, -0.2) is 22.6 Å². The molecule has 4 radical (unpaired) electrons. The van der Waals surface area contributed by atoms with Crippen LogP contribution in [0.3, 0.4) is 0 Å². The van der Waals surface area contributed by atoms with Gasteiger partial charge >= 0.3 is 0 Å². The van der Waals surface area contributed by atoms with Gasteiger partial charge < -0.3 is 0 Å². The zero-order chi connectivity index (χ0) is 8.36. The molecule has 0 aliphatic heterocycles. The summed E-state index contributed by atoms with van der Waals surface area (Å²) in [5, 5.41) is 0. The van der Waals surface area contributed by atoms with Crippen LogP contribution in [0, 0.1) is 0 Å². The van der Waals surface area contributed by atoms with Gasteiger partial charge in [-0.05, 0) is 0 Å². The first-order chi connectivity index (χ1) is 5.41. The quantitative estimate of drug-likeness (QED) is 0.146. The summed E-state index contributed by atoms with van der Waals surface area (Å²) in [6.07, 6.45) is 0. The lowest BCUT2D eigenvalue weighted by Gasteiger charge is -1.96. The molecule has 0 atom stereocenters. The standard InChI is InChI=1S/H10I6Si5/c1-7-3-9-5-11-6-10-4-8-2/h7-11H2. The molecule has 11 heavy (non-hydrogen) atoms. The molecule has 0 N–H and O–H groups in total. The molecule has 0 nitrogen and oxygen atoms in total. The largest absolute Gasteiger partial charge is 0.190 e. The van der Waals surface area contributed by atoms with E-state index < -0.39 is 0 Å². The maximum atomic E-state index is 2.75. The number of hydrogen-bond acceptors (Lipinski definition) is 0. The molecule has 0 unspecified atom stereocenters. The molecule has 0 aromatic heterocycles. The van der Waals surface area contributed by atoms with Crippen LogP contribution in [0.15, 0.2) is 0 Å². The Bertz CT molecular complexity index is 60.0. The van der Waals surface area contributed by atoms with Gasteiger partial charge in [0.25, 0.3) is 0 Å². The monoisotopic (exact) mass is 911 g/mol. The molecule has 0 aromatic carbocycles. The van der Waals surface area contributed by atoms with Crippen molar-refractivity contribution in [2.45, 2.75) is 0 Å². The molecule has 11 heteroatoms. The second-order valence-electron chi connectivity index (χ2n) is 1.26. The molecule has 0 aliphatic carbocycles. The molecule has 0 aromatic rings. The molecule has 0 amide bonds. The molecule has 0 rings (SSSR count). The second kappa shape index (κ2) is 15.5. The lowest BCUT2D eigenvalue weighted by atomic mass is 28.1. The van der Waals surface area contributed by atoms with Gasteiger partial charge in [-0.25, -0.2) is 0 Å². The zero-order valence-corrected chi connectivity index (χ0v) is 25.8. The van der Waals surface area contributed by atoms with Gasteiger partial charge in [0, 0.05) is 0 Å². The lowest BCUT2D eigenvalue weighted by Crippen LogP contribution is -1.78. The summed E-state index contributed by atoms with van der Waals surface area (Å²) in [4.78, 5) is 0. The van der Waals surface area contributed by atoms with Gasteiger partial charge in [-0.1, -0.05) is 0 Å². The molecule has 0 saturated carbocycles. The Labute approximate surface area is 140 Å². The van der Waals surface area contributed by atoms with E-state index in [2.05, 4.69) is 43.6 Å². The molecule has 0 bridgehead atoms. The second-order valence-corrected chi connectivity index (χ2v) is 114.